The van der Waals surface area contributed by atoms with Gasteiger partial charge in [-0.15, -0.1) is 0 Å². The highest BCUT2D eigenvalue weighted by Crippen LogP contribution is 2.21. The molecule has 0 spiro atoms. The molecule has 6 nitrogen and oxygen atoms in total. The van der Waals surface area contributed by atoms with Gasteiger partial charge in [0, 0.05) is 31.3 Å². The van der Waals surface area contributed by atoms with Crippen molar-refractivity contribution in [3.8, 4) is 0 Å². The summed E-state index contributed by atoms with van der Waals surface area (Å²) in [4.78, 5) is 17.2. The number of imidazole rings is 1. The number of carbonyl (C=O) groups is 1. The highest BCUT2D eigenvalue weighted by atomic mass is 32.2. The Morgan fingerprint density at radius 3 is 2.27 bits per heavy atom. The summed E-state index contributed by atoms with van der Waals surface area (Å²) >= 11 is 0. The van der Waals surface area contributed by atoms with Gasteiger partial charge >= 0.3 is 0 Å². The second-order valence-electron chi connectivity index (χ2n) is 6.01. The topological polar surface area (TPSA) is 81.1 Å². The third-order valence-electron chi connectivity index (χ3n) is 4.07. The molecule has 2 aromatic carbocycles. The molecule has 26 heavy (non-hydrogen) atoms. The van der Waals surface area contributed by atoms with Crippen molar-refractivity contribution in [3.05, 3.63) is 83.9 Å². The summed E-state index contributed by atoms with van der Waals surface area (Å²) in [5, 5.41) is 2.98. The van der Waals surface area contributed by atoms with Gasteiger partial charge in [0.2, 0.25) is 0 Å². The number of aromatic nitrogens is 2. The molecule has 3 aromatic rings. The molecular formula is C19H19N3O3S. The highest BCUT2D eigenvalue weighted by Gasteiger charge is 2.21. The Labute approximate surface area is 152 Å². The molecule has 0 aliphatic heterocycles. The van der Waals surface area contributed by atoms with Gasteiger partial charge in [-0.1, -0.05) is 30.3 Å². The van der Waals surface area contributed by atoms with Crippen LogP contribution in [0.3, 0.4) is 0 Å². The summed E-state index contributed by atoms with van der Waals surface area (Å²) in [6.07, 6.45) is 4.63. The molecule has 0 radical (unpaired) electrons. The Morgan fingerprint density at radius 1 is 1.08 bits per heavy atom. The number of hydrogen-bond donors (Lipinski definition) is 1. The standard InChI is InChI=1S/C19H19N3O3S/c1-22-13-12-20-18(22)17(14-6-4-3-5-7-14)21-19(23)15-8-10-16(11-9-15)26(2,24)25/h3-13,17H,1-2H3,(H,21,23). The predicted octanol–water partition coefficient (Wildman–Crippen LogP) is 2.34. The fourth-order valence-corrected chi connectivity index (χ4v) is 3.30. The van der Waals surface area contributed by atoms with E-state index in [-0.39, 0.29) is 10.8 Å². The normalized spacial score (nSPS) is 12.5. The van der Waals surface area contributed by atoms with Gasteiger partial charge < -0.3 is 9.88 Å². The van der Waals surface area contributed by atoms with E-state index < -0.39 is 15.9 Å². The lowest BCUT2D eigenvalue weighted by atomic mass is 10.1. The van der Waals surface area contributed by atoms with Gasteiger partial charge in [-0.05, 0) is 29.8 Å². The number of aryl methyl sites for hydroxylation is 1. The van der Waals surface area contributed by atoms with Crippen LogP contribution in [-0.2, 0) is 16.9 Å². The lowest BCUT2D eigenvalue weighted by molar-refractivity contribution is 0.0941. The minimum atomic E-state index is -3.30. The molecule has 7 heteroatoms. The molecule has 1 aromatic heterocycles. The van der Waals surface area contributed by atoms with E-state index in [4.69, 9.17) is 0 Å². The Hall–Kier alpha value is -2.93. The lowest BCUT2D eigenvalue weighted by Gasteiger charge is -2.19. The maximum absolute atomic E-state index is 12.7. The number of benzene rings is 2. The zero-order valence-electron chi connectivity index (χ0n) is 14.5. The van der Waals surface area contributed by atoms with Crippen LogP contribution in [0, 0.1) is 0 Å². The van der Waals surface area contributed by atoms with Crippen LogP contribution in [0.25, 0.3) is 0 Å². The van der Waals surface area contributed by atoms with Gasteiger partial charge in [-0.2, -0.15) is 0 Å². The largest absolute Gasteiger partial charge is 0.338 e. The molecule has 1 heterocycles. The first kappa shape index (κ1) is 17.9. The van der Waals surface area contributed by atoms with Crippen molar-refractivity contribution in [2.45, 2.75) is 10.9 Å². The molecule has 0 saturated carbocycles. The summed E-state index contributed by atoms with van der Waals surface area (Å²) in [5.74, 6) is 0.402. The van der Waals surface area contributed by atoms with Crippen molar-refractivity contribution in [1.82, 2.24) is 14.9 Å². The number of sulfone groups is 1. The number of carbonyl (C=O) groups excluding carboxylic acids is 1. The Bertz CT molecular complexity index is 1010. The minimum absolute atomic E-state index is 0.178. The van der Waals surface area contributed by atoms with Crippen molar-refractivity contribution >= 4 is 15.7 Å². The average Bonchev–Trinajstić information content (AvgIpc) is 3.05. The van der Waals surface area contributed by atoms with Gasteiger partial charge in [0.1, 0.15) is 11.9 Å². The summed E-state index contributed by atoms with van der Waals surface area (Å²) in [5.41, 5.74) is 1.29. The second kappa shape index (κ2) is 7.13. The molecule has 0 saturated heterocycles. The van der Waals surface area contributed by atoms with Crippen molar-refractivity contribution in [3.63, 3.8) is 0 Å². The number of hydrogen-bond acceptors (Lipinski definition) is 4. The molecule has 0 aliphatic carbocycles. The van der Waals surface area contributed by atoms with Crippen LogP contribution in [0.2, 0.25) is 0 Å². The summed E-state index contributed by atoms with van der Waals surface area (Å²) in [6, 6.07) is 15.0. The van der Waals surface area contributed by atoms with Gasteiger partial charge in [-0.25, -0.2) is 13.4 Å². The average molecular weight is 369 g/mol. The predicted molar refractivity (Wildman–Crippen MR) is 98.5 cm³/mol. The van der Waals surface area contributed by atoms with E-state index in [2.05, 4.69) is 10.3 Å². The van der Waals surface area contributed by atoms with Crippen LogP contribution in [0.4, 0.5) is 0 Å². The molecule has 134 valence electrons. The van der Waals surface area contributed by atoms with Crippen molar-refractivity contribution in [1.29, 1.82) is 0 Å². The quantitative estimate of drug-likeness (QED) is 0.748. The molecule has 0 aliphatic rings. The Balaban J connectivity index is 1.90. The minimum Gasteiger partial charge on any atom is -0.338 e. The monoisotopic (exact) mass is 369 g/mol. The maximum atomic E-state index is 12.7. The van der Waals surface area contributed by atoms with Crippen molar-refractivity contribution in [2.24, 2.45) is 7.05 Å². The third kappa shape index (κ3) is 3.83. The van der Waals surface area contributed by atoms with E-state index in [9.17, 15) is 13.2 Å². The summed E-state index contributed by atoms with van der Waals surface area (Å²) < 4.78 is 25.0. The van der Waals surface area contributed by atoms with Crippen LogP contribution in [-0.4, -0.2) is 30.1 Å². The van der Waals surface area contributed by atoms with Crippen LogP contribution in [0.5, 0.6) is 0 Å². The van der Waals surface area contributed by atoms with Gasteiger partial charge in [0.15, 0.2) is 9.84 Å². The molecule has 3 rings (SSSR count). The molecule has 1 atom stereocenters. The van der Waals surface area contributed by atoms with Crippen LogP contribution in [0.15, 0.2) is 71.9 Å². The van der Waals surface area contributed by atoms with E-state index in [1.54, 1.807) is 6.20 Å². The van der Waals surface area contributed by atoms with E-state index in [1.165, 1.54) is 24.3 Å². The van der Waals surface area contributed by atoms with E-state index in [0.29, 0.717) is 11.4 Å². The molecule has 0 fully saturated rings. The molecule has 1 N–H and O–H groups in total. The van der Waals surface area contributed by atoms with E-state index in [1.807, 2.05) is 48.1 Å². The van der Waals surface area contributed by atoms with Gasteiger partial charge in [-0.3, -0.25) is 4.79 Å². The van der Waals surface area contributed by atoms with E-state index in [0.717, 1.165) is 11.8 Å². The van der Waals surface area contributed by atoms with Crippen LogP contribution < -0.4 is 5.32 Å². The first-order valence-electron chi connectivity index (χ1n) is 7.99. The second-order valence-corrected chi connectivity index (χ2v) is 8.03. The smallest absolute Gasteiger partial charge is 0.252 e. The molecule has 1 unspecified atom stereocenters. The SMILES string of the molecule is Cn1ccnc1C(NC(=O)c1ccc(S(C)(=O)=O)cc1)c1ccccc1. The van der Waals surface area contributed by atoms with Crippen LogP contribution in [0.1, 0.15) is 27.8 Å². The fraction of sp³-hybridized carbons (Fsp3) is 0.158. The zero-order chi connectivity index (χ0) is 18.7. The number of amides is 1. The lowest BCUT2D eigenvalue weighted by Crippen LogP contribution is -2.31. The number of nitrogens with zero attached hydrogens (tertiary/aromatic N) is 2. The number of rotatable bonds is 5. The van der Waals surface area contributed by atoms with E-state index >= 15 is 0 Å². The molecular weight excluding hydrogens is 350 g/mol. The van der Waals surface area contributed by atoms with Crippen LogP contribution >= 0.6 is 0 Å². The summed E-state index contributed by atoms with van der Waals surface area (Å²) in [7, 11) is -1.43. The zero-order valence-corrected chi connectivity index (χ0v) is 15.3. The first-order chi connectivity index (χ1) is 12.4. The third-order valence-corrected chi connectivity index (χ3v) is 5.20. The van der Waals surface area contributed by atoms with Crippen molar-refractivity contribution in [2.75, 3.05) is 6.26 Å². The summed E-state index contributed by atoms with van der Waals surface area (Å²) in [6.45, 7) is 0. The Kier molecular flexibility index (Phi) is 4.90. The Morgan fingerprint density at radius 2 is 1.73 bits per heavy atom. The highest BCUT2D eigenvalue weighted by molar-refractivity contribution is 7.90. The molecule has 0 bridgehead atoms. The van der Waals surface area contributed by atoms with Gasteiger partial charge in [0.25, 0.3) is 5.91 Å². The van der Waals surface area contributed by atoms with Crippen molar-refractivity contribution < 1.29 is 13.2 Å². The maximum Gasteiger partial charge on any atom is 0.252 e. The first-order valence-corrected chi connectivity index (χ1v) is 9.88. The van der Waals surface area contributed by atoms with Gasteiger partial charge in [0.05, 0.1) is 4.90 Å². The fourth-order valence-electron chi connectivity index (χ4n) is 2.67. The molecule has 1 amide bonds. The number of nitrogens with one attached hydrogen (secondary N) is 1.